The number of aryl methyl sites for hydroxylation is 1. The summed E-state index contributed by atoms with van der Waals surface area (Å²) in [4.78, 5) is 4.55. The van der Waals surface area contributed by atoms with Crippen molar-refractivity contribution in [3.63, 3.8) is 0 Å². The second-order valence-electron chi connectivity index (χ2n) is 3.79. The summed E-state index contributed by atoms with van der Waals surface area (Å²) in [6, 6.07) is 7.65. The molecule has 0 aliphatic rings. The van der Waals surface area contributed by atoms with Gasteiger partial charge in [0.1, 0.15) is 5.69 Å². The van der Waals surface area contributed by atoms with Crippen molar-refractivity contribution < 1.29 is 0 Å². The highest BCUT2D eigenvalue weighted by molar-refractivity contribution is 7.03. The minimum Gasteiger partial charge on any atom is -0.323 e. The smallest absolute Gasteiger partial charge is 0.162 e. The average Bonchev–Trinajstić information content (AvgIpc) is 3.04. The molecule has 0 atom stereocenters. The molecule has 0 radical (unpaired) electrons. The molecule has 0 N–H and O–H groups in total. The van der Waals surface area contributed by atoms with E-state index in [9.17, 15) is 0 Å². The van der Waals surface area contributed by atoms with E-state index >= 15 is 0 Å². The molecule has 0 aliphatic heterocycles. The molecule has 2 aromatic heterocycles. The zero-order valence-corrected chi connectivity index (χ0v) is 10.5. The van der Waals surface area contributed by atoms with E-state index in [2.05, 4.69) is 32.1 Å². The zero-order valence-electron chi connectivity index (χ0n) is 9.66. The summed E-state index contributed by atoms with van der Waals surface area (Å²) in [5, 5.41) is 14.8. The van der Waals surface area contributed by atoms with E-state index in [1.54, 1.807) is 12.1 Å². The van der Waals surface area contributed by atoms with Gasteiger partial charge in [0.15, 0.2) is 5.82 Å². The first-order valence-corrected chi connectivity index (χ1v) is 6.35. The Labute approximate surface area is 107 Å². The number of hydrogen-bond donors (Lipinski definition) is 0. The fourth-order valence-electron chi connectivity index (χ4n) is 1.98. The third-order valence-electron chi connectivity index (χ3n) is 2.78. The van der Waals surface area contributed by atoms with Crippen molar-refractivity contribution in [1.29, 1.82) is 5.26 Å². The molecule has 0 saturated carbocycles. The molecule has 0 aliphatic carbocycles. The summed E-state index contributed by atoms with van der Waals surface area (Å²) < 4.78 is 5.94. The highest BCUT2D eigenvalue weighted by Gasteiger charge is 2.13. The molecular formula is C12H9N5S. The van der Waals surface area contributed by atoms with E-state index in [4.69, 9.17) is 5.26 Å². The summed E-state index contributed by atoms with van der Waals surface area (Å²) in [6.45, 7) is 2.86. The number of aromatic nitrogens is 4. The van der Waals surface area contributed by atoms with E-state index in [-0.39, 0.29) is 0 Å². The monoisotopic (exact) mass is 255 g/mol. The van der Waals surface area contributed by atoms with Gasteiger partial charge in [-0.3, -0.25) is 0 Å². The number of benzene rings is 1. The summed E-state index contributed by atoms with van der Waals surface area (Å²) in [7, 11) is 0. The van der Waals surface area contributed by atoms with Crippen LogP contribution >= 0.6 is 11.5 Å². The van der Waals surface area contributed by atoms with Crippen molar-refractivity contribution in [2.45, 2.75) is 13.5 Å². The van der Waals surface area contributed by atoms with Gasteiger partial charge in [-0.25, -0.2) is 4.98 Å². The van der Waals surface area contributed by atoms with Gasteiger partial charge in [-0.1, -0.05) is 4.49 Å². The normalized spacial score (nSPS) is 10.7. The number of fused-ring (bicyclic) bond motifs is 1. The van der Waals surface area contributed by atoms with Crippen LogP contribution in [0, 0.1) is 11.3 Å². The van der Waals surface area contributed by atoms with E-state index in [0.29, 0.717) is 5.56 Å². The van der Waals surface area contributed by atoms with Crippen LogP contribution in [0.1, 0.15) is 12.5 Å². The molecule has 0 fully saturated rings. The van der Waals surface area contributed by atoms with Gasteiger partial charge in [-0.05, 0) is 36.7 Å². The van der Waals surface area contributed by atoms with Gasteiger partial charge in [0, 0.05) is 11.9 Å². The number of rotatable bonds is 2. The average molecular weight is 255 g/mol. The summed E-state index contributed by atoms with van der Waals surface area (Å²) in [6.07, 6.45) is 0. The number of imidazole rings is 1. The van der Waals surface area contributed by atoms with Crippen molar-refractivity contribution in [3.8, 4) is 17.6 Å². The molecule has 0 amide bonds. The molecule has 5 nitrogen and oxygen atoms in total. The Kier molecular flexibility index (Phi) is 2.54. The highest BCUT2D eigenvalue weighted by Crippen LogP contribution is 2.24. The van der Waals surface area contributed by atoms with Crippen molar-refractivity contribution in [1.82, 2.24) is 19.1 Å². The Hall–Kier alpha value is -2.26. The quantitative estimate of drug-likeness (QED) is 0.705. The molecule has 0 spiro atoms. The highest BCUT2D eigenvalue weighted by atomic mass is 32.1. The number of nitriles is 1. The molecule has 6 heteroatoms. The molecule has 1 aromatic carbocycles. The molecule has 18 heavy (non-hydrogen) atoms. The summed E-state index contributed by atoms with van der Waals surface area (Å²) >= 11 is 1.30. The standard InChI is InChI=1S/C12H9N5S/c1-2-17-11-4-3-8(6-13)5-9(11)14-12(17)10-7-18-16-15-10/h3-5,7H,2H2,1H3. The van der Waals surface area contributed by atoms with Crippen LogP contribution in [0.15, 0.2) is 23.6 Å². The second-order valence-corrected chi connectivity index (χ2v) is 4.39. The summed E-state index contributed by atoms with van der Waals surface area (Å²) in [5.74, 6) is 0.802. The Morgan fingerprint density at radius 2 is 2.33 bits per heavy atom. The predicted octanol–water partition coefficient (Wildman–Crippen LogP) is 2.45. The molecular weight excluding hydrogens is 246 g/mol. The lowest BCUT2D eigenvalue weighted by Crippen LogP contribution is -1.97. The van der Waals surface area contributed by atoms with E-state index in [1.807, 2.05) is 11.4 Å². The van der Waals surface area contributed by atoms with Gasteiger partial charge in [-0.15, -0.1) is 5.10 Å². The van der Waals surface area contributed by atoms with Gasteiger partial charge in [0.25, 0.3) is 0 Å². The van der Waals surface area contributed by atoms with Gasteiger partial charge in [0.05, 0.1) is 22.7 Å². The van der Waals surface area contributed by atoms with Gasteiger partial charge < -0.3 is 4.57 Å². The molecule has 2 heterocycles. The third kappa shape index (κ3) is 1.57. The van der Waals surface area contributed by atoms with Crippen LogP contribution in [0.4, 0.5) is 0 Å². The molecule has 88 valence electrons. The Morgan fingerprint density at radius 1 is 1.44 bits per heavy atom. The zero-order chi connectivity index (χ0) is 12.5. The van der Waals surface area contributed by atoms with Gasteiger partial charge in [0.2, 0.25) is 0 Å². The Bertz CT molecular complexity index is 736. The largest absolute Gasteiger partial charge is 0.323 e. The lowest BCUT2D eigenvalue weighted by molar-refractivity contribution is 0.792. The third-order valence-corrected chi connectivity index (χ3v) is 3.29. The minimum atomic E-state index is 0.617. The maximum atomic E-state index is 8.91. The lowest BCUT2D eigenvalue weighted by atomic mass is 10.2. The van der Waals surface area contributed by atoms with Crippen LogP contribution in [0.5, 0.6) is 0 Å². The van der Waals surface area contributed by atoms with Crippen LogP contribution in [-0.4, -0.2) is 19.1 Å². The van der Waals surface area contributed by atoms with Crippen molar-refractivity contribution in [2.24, 2.45) is 0 Å². The first-order chi connectivity index (χ1) is 8.83. The van der Waals surface area contributed by atoms with E-state index < -0.39 is 0 Å². The van der Waals surface area contributed by atoms with Crippen molar-refractivity contribution >= 4 is 22.6 Å². The van der Waals surface area contributed by atoms with E-state index in [1.165, 1.54) is 11.5 Å². The van der Waals surface area contributed by atoms with Gasteiger partial charge in [-0.2, -0.15) is 5.26 Å². The second kappa shape index (κ2) is 4.20. The Morgan fingerprint density at radius 3 is 3.00 bits per heavy atom. The fourth-order valence-corrected chi connectivity index (χ4v) is 2.41. The molecule has 3 aromatic rings. The van der Waals surface area contributed by atoms with Crippen molar-refractivity contribution in [3.05, 3.63) is 29.1 Å². The number of hydrogen-bond acceptors (Lipinski definition) is 5. The van der Waals surface area contributed by atoms with Crippen LogP contribution in [0.25, 0.3) is 22.6 Å². The predicted molar refractivity (Wildman–Crippen MR) is 69.0 cm³/mol. The van der Waals surface area contributed by atoms with Crippen LogP contribution in [-0.2, 0) is 6.54 Å². The minimum absolute atomic E-state index is 0.617. The lowest BCUT2D eigenvalue weighted by Gasteiger charge is -2.02. The molecule has 0 saturated heterocycles. The van der Waals surface area contributed by atoms with Gasteiger partial charge >= 0.3 is 0 Å². The fraction of sp³-hybridized carbons (Fsp3) is 0.167. The van der Waals surface area contributed by atoms with Crippen LogP contribution in [0.2, 0.25) is 0 Å². The SMILES string of the molecule is CCn1c(-c2csnn2)nc2cc(C#N)ccc21. The first kappa shape index (κ1) is 10.9. The van der Waals surface area contributed by atoms with Crippen LogP contribution in [0.3, 0.4) is 0 Å². The Balaban J connectivity index is 2.30. The number of nitrogens with zero attached hydrogens (tertiary/aromatic N) is 5. The topological polar surface area (TPSA) is 67.4 Å². The molecule has 3 rings (SSSR count). The van der Waals surface area contributed by atoms with E-state index in [0.717, 1.165) is 29.1 Å². The molecule has 0 unspecified atom stereocenters. The van der Waals surface area contributed by atoms with Crippen molar-refractivity contribution in [2.75, 3.05) is 0 Å². The summed E-state index contributed by atoms with van der Waals surface area (Å²) in [5.41, 5.74) is 3.22. The first-order valence-electron chi connectivity index (χ1n) is 5.51. The maximum Gasteiger partial charge on any atom is 0.162 e. The van der Waals surface area contributed by atoms with Crippen LogP contribution < -0.4 is 0 Å². The molecule has 0 bridgehead atoms. The maximum absolute atomic E-state index is 8.91.